The number of nitrogens with zero attached hydrogens (tertiary/aromatic N) is 2. The number of hydrogen-bond donors (Lipinski definition) is 2. The maximum absolute atomic E-state index is 5.76. The van der Waals surface area contributed by atoms with Crippen LogP contribution < -0.4 is 10.6 Å². The summed E-state index contributed by atoms with van der Waals surface area (Å²) >= 11 is 0. The average molecular weight is 559 g/mol. The summed E-state index contributed by atoms with van der Waals surface area (Å²) in [7, 11) is 1.82. The molecule has 2 aliphatic heterocycles. The Morgan fingerprint density at radius 2 is 1.84 bits per heavy atom. The van der Waals surface area contributed by atoms with Gasteiger partial charge in [0.15, 0.2) is 5.96 Å². The van der Waals surface area contributed by atoms with Gasteiger partial charge in [-0.2, -0.15) is 0 Å². The molecule has 2 fully saturated rings. The number of ether oxygens (including phenoxy) is 2. The van der Waals surface area contributed by atoms with E-state index >= 15 is 0 Å². The van der Waals surface area contributed by atoms with E-state index in [1.165, 1.54) is 30.6 Å². The zero-order valence-corrected chi connectivity index (χ0v) is 22.5. The van der Waals surface area contributed by atoms with Gasteiger partial charge in [-0.25, -0.2) is 0 Å². The number of nitrogens with one attached hydrogen (secondary N) is 2. The standard InChI is InChI=1S/C25H42N4O2.HI/c1-20-13-21(2)16-29(15-20)17-23-7-5-22(6-8-23)14-28-25(26-3)27-10-4-11-30-18-24-9-12-31-19-24;/h5-8,20-21,24H,4,9-19H2,1-3H3,(H2,26,27,28);1H. The fourth-order valence-electron chi connectivity index (χ4n) is 4.69. The van der Waals surface area contributed by atoms with Crippen LogP contribution >= 0.6 is 24.0 Å². The van der Waals surface area contributed by atoms with Gasteiger partial charge in [0.1, 0.15) is 0 Å². The lowest BCUT2D eigenvalue weighted by molar-refractivity contribution is 0.0888. The van der Waals surface area contributed by atoms with Gasteiger partial charge in [0.2, 0.25) is 0 Å². The van der Waals surface area contributed by atoms with Crippen LogP contribution in [-0.2, 0) is 22.6 Å². The molecule has 0 radical (unpaired) electrons. The Morgan fingerprint density at radius 1 is 1.12 bits per heavy atom. The summed E-state index contributed by atoms with van der Waals surface area (Å²) in [6.07, 6.45) is 3.46. The molecular weight excluding hydrogens is 515 g/mol. The van der Waals surface area contributed by atoms with Gasteiger partial charge in [0, 0.05) is 58.9 Å². The Kier molecular flexibility index (Phi) is 12.9. The molecule has 2 saturated heterocycles. The monoisotopic (exact) mass is 558 g/mol. The van der Waals surface area contributed by atoms with Crippen molar-refractivity contribution in [3.05, 3.63) is 35.4 Å². The van der Waals surface area contributed by atoms with E-state index in [2.05, 4.69) is 58.6 Å². The van der Waals surface area contributed by atoms with Crippen LogP contribution in [0.4, 0.5) is 0 Å². The summed E-state index contributed by atoms with van der Waals surface area (Å²) in [5.74, 6) is 3.03. The van der Waals surface area contributed by atoms with Crippen LogP contribution in [-0.4, -0.2) is 64.0 Å². The minimum absolute atomic E-state index is 0. The zero-order chi connectivity index (χ0) is 21.9. The molecule has 6 nitrogen and oxygen atoms in total. The van der Waals surface area contributed by atoms with E-state index in [4.69, 9.17) is 9.47 Å². The predicted molar refractivity (Wildman–Crippen MR) is 143 cm³/mol. The van der Waals surface area contributed by atoms with Crippen LogP contribution in [0.2, 0.25) is 0 Å². The molecule has 0 saturated carbocycles. The second-order valence-corrected chi connectivity index (χ2v) is 9.47. The van der Waals surface area contributed by atoms with Crippen molar-refractivity contribution in [1.29, 1.82) is 0 Å². The van der Waals surface area contributed by atoms with E-state index in [9.17, 15) is 0 Å². The first kappa shape index (κ1) is 27.3. The van der Waals surface area contributed by atoms with Crippen molar-refractivity contribution >= 4 is 29.9 Å². The quantitative estimate of drug-likeness (QED) is 0.198. The highest BCUT2D eigenvalue weighted by Gasteiger charge is 2.21. The van der Waals surface area contributed by atoms with Crippen molar-refractivity contribution < 1.29 is 9.47 Å². The van der Waals surface area contributed by atoms with E-state index in [-0.39, 0.29) is 24.0 Å². The third-order valence-corrected chi connectivity index (χ3v) is 6.19. The second kappa shape index (κ2) is 15.1. The van der Waals surface area contributed by atoms with Gasteiger partial charge in [0.25, 0.3) is 0 Å². The minimum atomic E-state index is 0. The Hall–Kier alpha value is -0.900. The van der Waals surface area contributed by atoms with Gasteiger partial charge in [-0.15, -0.1) is 24.0 Å². The number of likely N-dealkylation sites (tertiary alicyclic amines) is 1. The first-order chi connectivity index (χ1) is 15.1. The highest BCUT2D eigenvalue weighted by molar-refractivity contribution is 14.0. The Labute approximate surface area is 211 Å². The molecule has 3 rings (SSSR count). The molecule has 0 aromatic heterocycles. The highest BCUT2D eigenvalue weighted by atomic mass is 127. The zero-order valence-electron chi connectivity index (χ0n) is 20.1. The molecule has 2 aliphatic rings. The van der Waals surface area contributed by atoms with Crippen LogP contribution in [0.15, 0.2) is 29.3 Å². The molecule has 3 unspecified atom stereocenters. The Morgan fingerprint density at radius 3 is 2.50 bits per heavy atom. The van der Waals surface area contributed by atoms with Crippen molar-refractivity contribution in [2.45, 2.75) is 46.2 Å². The Balaban J connectivity index is 0.00000363. The Bertz CT molecular complexity index is 654. The normalized spacial score (nSPS) is 24.2. The number of halogens is 1. The molecule has 0 amide bonds. The molecule has 1 aromatic rings. The fraction of sp³-hybridized carbons (Fsp3) is 0.720. The molecule has 3 atom stereocenters. The summed E-state index contributed by atoms with van der Waals surface area (Å²) in [5, 5.41) is 6.77. The lowest BCUT2D eigenvalue weighted by atomic mass is 9.91. The van der Waals surface area contributed by atoms with Gasteiger partial charge < -0.3 is 20.1 Å². The first-order valence-corrected chi connectivity index (χ1v) is 12.0. The summed E-state index contributed by atoms with van der Waals surface area (Å²) in [4.78, 5) is 6.92. The van der Waals surface area contributed by atoms with Crippen molar-refractivity contribution in [2.75, 3.05) is 53.1 Å². The molecule has 2 heterocycles. The number of benzene rings is 1. The van der Waals surface area contributed by atoms with Crippen LogP contribution in [0.1, 0.15) is 44.2 Å². The van der Waals surface area contributed by atoms with Gasteiger partial charge in [-0.1, -0.05) is 38.1 Å². The largest absolute Gasteiger partial charge is 0.381 e. The minimum Gasteiger partial charge on any atom is -0.381 e. The molecule has 0 aliphatic carbocycles. The van der Waals surface area contributed by atoms with Crippen molar-refractivity contribution in [2.24, 2.45) is 22.7 Å². The van der Waals surface area contributed by atoms with E-state index in [1.807, 2.05) is 7.05 Å². The van der Waals surface area contributed by atoms with Gasteiger partial charge in [-0.05, 0) is 42.2 Å². The summed E-state index contributed by atoms with van der Waals surface area (Å²) in [5.41, 5.74) is 2.67. The number of hydrogen-bond acceptors (Lipinski definition) is 4. The van der Waals surface area contributed by atoms with Gasteiger partial charge >= 0.3 is 0 Å². The van der Waals surface area contributed by atoms with Crippen molar-refractivity contribution in [1.82, 2.24) is 15.5 Å². The summed E-state index contributed by atoms with van der Waals surface area (Å²) < 4.78 is 11.1. The van der Waals surface area contributed by atoms with Crippen LogP contribution in [0.5, 0.6) is 0 Å². The lowest BCUT2D eigenvalue weighted by Crippen LogP contribution is -2.38. The number of piperidine rings is 1. The molecule has 0 spiro atoms. The third-order valence-electron chi connectivity index (χ3n) is 6.19. The maximum atomic E-state index is 5.76. The lowest BCUT2D eigenvalue weighted by Gasteiger charge is -2.35. The van der Waals surface area contributed by atoms with Crippen LogP contribution in [0.3, 0.4) is 0 Å². The molecule has 7 heteroatoms. The SMILES string of the molecule is CN=C(NCCCOCC1CCOC1)NCc1ccc(CN2CC(C)CC(C)C2)cc1.I. The maximum Gasteiger partial charge on any atom is 0.191 e. The molecule has 2 N–H and O–H groups in total. The number of guanidine groups is 1. The van der Waals surface area contributed by atoms with E-state index < -0.39 is 0 Å². The van der Waals surface area contributed by atoms with Gasteiger partial charge in [-0.3, -0.25) is 9.89 Å². The van der Waals surface area contributed by atoms with Crippen LogP contribution in [0, 0.1) is 17.8 Å². The van der Waals surface area contributed by atoms with Crippen LogP contribution in [0.25, 0.3) is 0 Å². The number of aliphatic imine (C=N–C) groups is 1. The van der Waals surface area contributed by atoms with E-state index in [1.54, 1.807) is 0 Å². The van der Waals surface area contributed by atoms with Crippen molar-refractivity contribution in [3.63, 3.8) is 0 Å². The molecule has 1 aromatic carbocycles. The third kappa shape index (κ3) is 9.93. The average Bonchev–Trinajstić information content (AvgIpc) is 3.26. The van der Waals surface area contributed by atoms with E-state index in [0.29, 0.717) is 5.92 Å². The summed E-state index contributed by atoms with van der Waals surface area (Å²) in [6, 6.07) is 8.99. The summed E-state index contributed by atoms with van der Waals surface area (Å²) in [6.45, 7) is 13.2. The highest BCUT2D eigenvalue weighted by Crippen LogP contribution is 2.22. The number of rotatable bonds is 10. The van der Waals surface area contributed by atoms with Gasteiger partial charge in [0.05, 0.1) is 13.2 Å². The molecular formula is C25H43IN4O2. The fourth-order valence-corrected chi connectivity index (χ4v) is 4.69. The predicted octanol–water partition coefficient (Wildman–Crippen LogP) is 3.89. The van der Waals surface area contributed by atoms with E-state index in [0.717, 1.165) is 76.7 Å². The second-order valence-electron chi connectivity index (χ2n) is 9.47. The molecule has 0 bridgehead atoms. The smallest absolute Gasteiger partial charge is 0.191 e. The molecule has 182 valence electrons. The topological polar surface area (TPSA) is 58.1 Å². The van der Waals surface area contributed by atoms with Crippen molar-refractivity contribution in [3.8, 4) is 0 Å². The molecule has 32 heavy (non-hydrogen) atoms. The first-order valence-electron chi connectivity index (χ1n) is 12.0.